The van der Waals surface area contributed by atoms with Crippen LogP contribution in [0.3, 0.4) is 0 Å². The summed E-state index contributed by atoms with van der Waals surface area (Å²) in [5.41, 5.74) is 1.63. The van der Waals surface area contributed by atoms with Crippen LogP contribution in [0.5, 0.6) is 0 Å². The summed E-state index contributed by atoms with van der Waals surface area (Å²) in [6, 6.07) is 0. The Morgan fingerprint density at radius 2 is 1.92 bits per heavy atom. The van der Waals surface area contributed by atoms with Gasteiger partial charge in [-0.2, -0.15) is 0 Å². The Kier molecular flexibility index (Phi) is 5.05. The maximum Gasteiger partial charge on any atom is -0.0176 e. The fourth-order valence-electron chi connectivity index (χ4n) is 1.18. The zero-order valence-electron chi connectivity index (χ0n) is 9.85. The molecule has 0 aliphatic heterocycles. The molecule has 0 heteroatoms. The molecule has 0 saturated heterocycles. The van der Waals surface area contributed by atoms with Crippen molar-refractivity contribution in [3.8, 4) is 0 Å². The monoisotopic (exact) mass is 180 g/mol. The van der Waals surface area contributed by atoms with E-state index in [2.05, 4.69) is 53.3 Å². The van der Waals surface area contributed by atoms with Crippen molar-refractivity contribution < 1.29 is 0 Å². The molecule has 1 unspecified atom stereocenters. The Balaban J connectivity index is 3.92. The van der Waals surface area contributed by atoms with E-state index in [4.69, 9.17) is 0 Å². The van der Waals surface area contributed by atoms with Gasteiger partial charge >= 0.3 is 0 Å². The van der Waals surface area contributed by atoms with Gasteiger partial charge < -0.3 is 0 Å². The maximum absolute atomic E-state index is 4.15. The lowest BCUT2D eigenvalue weighted by molar-refractivity contribution is 0.445. The van der Waals surface area contributed by atoms with Gasteiger partial charge in [-0.15, -0.1) is 0 Å². The first-order valence-corrected chi connectivity index (χ1v) is 5.17. The summed E-state index contributed by atoms with van der Waals surface area (Å²) in [5.74, 6) is 0.725. The minimum absolute atomic E-state index is 0.268. The molecule has 0 amide bonds. The van der Waals surface area contributed by atoms with Gasteiger partial charge in [0.2, 0.25) is 0 Å². The Morgan fingerprint density at radius 3 is 2.31 bits per heavy atom. The summed E-state index contributed by atoms with van der Waals surface area (Å²) in [6.07, 6.45) is 6.68. The van der Waals surface area contributed by atoms with Crippen LogP contribution in [0, 0.1) is 11.3 Å². The summed E-state index contributed by atoms with van der Waals surface area (Å²) < 4.78 is 0. The second-order valence-electron chi connectivity index (χ2n) is 4.97. The number of hydrogen-bond acceptors (Lipinski definition) is 0. The van der Waals surface area contributed by atoms with Gasteiger partial charge in [-0.25, -0.2) is 0 Å². The van der Waals surface area contributed by atoms with Gasteiger partial charge in [-0.05, 0) is 31.1 Å². The fraction of sp³-hybridized carbons (Fsp3) is 0.692. The molecule has 13 heavy (non-hydrogen) atoms. The van der Waals surface area contributed by atoms with Crippen molar-refractivity contribution in [2.24, 2.45) is 11.3 Å². The highest BCUT2D eigenvalue weighted by molar-refractivity contribution is 5.06. The van der Waals surface area contributed by atoms with Crippen LogP contribution in [0.2, 0.25) is 0 Å². The Bertz CT molecular complexity index is 179. The molecule has 0 radical (unpaired) electrons. The highest BCUT2D eigenvalue weighted by atomic mass is 14.2. The third-order valence-electron chi connectivity index (χ3n) is 2.43. The Morgan fingerprint density at radius 1 is 1.38 bits per heavy atom. The van der Waals surface area contributed by atoms with Crippen molar-refractivity contribution in [2.75, 3.05) is 0 Å². The van der Waals surface area contributed by atoms with Crippen molar-refractivity contribution in [1.82, 2.24) is 0 Å². The molecular formula is C13H24. The summed E-state index contributed by atoms with van der Waals surface area (Å²) >= 11 is 0. The van der Waals surface area contributed by atoms with E-state index < -0.39 is 0 Å². The average Bonchev–Trinajstić information content (AvgIpc) is 1.99. The van der Waals surface area contributed by atoms with Crippen LogP contribution in [-0.4, -0.2) is 0 Å². The van der Waals surface area contributed by atoms with Crippen LogP contribution in [-0.2, 0) is 0 Å². The van der Waals surface area contributed by atoms with Crippen LogP contribution in [0.4, 0.5) is 0 Å². The standard InChI is InChI=1S/C13H24/c1-7-8-9-11(2)10-12(3)13(4,5)6/h7-8,11H,3,9-10H2,1-2,4-6H3. The van der Waals surface area contributed by atoms with Crippen molar-refractivity contribution >= 4 is 0 Å². The zero-order valence-corrected chi connectivity index (χ0v) is 9.85. The molecule has 0 aromatic heterocycles. The first kappa shape index (κ1) is 12.5. The van der Waals surface area contributed by atoms with E-state index in [0.29, 0.717) is 0 Å². The van der Waals surface area contributed by atoms with E-state index in [1.54, 1.807) is 0 Å². The number of hydrogen-bond donors (Lipinski definition) is 0. The first-order chi connectivity index (χ1) is 5.88. The lowest BCUT2D eigenvalue weighted by Gasteiger charge is -2.24. The molecule has 0 N–H and O–H groups in total. The predicted molar refractivity (Wildman–Crippen MR) is 61.8 cm³/mol. The van der Waals surface area contributed by atoms with Gasteiger partial charge in [-0.3, -0.25) is 0 Å². The second-order valence-corrected chi connectivity index (χ2v) is 4.97. The lowest BCUT2D eigenvalue weighted by atomic mass is 9.82. The van der Waals surface area contributed by atoms with Crippen LogP contribution in [0.1, 0.15) is 47.5 Å². The molecule has 0 rings (SSSR count). The molecule has 0 nitrogen and oxygen atoms in total. The summed E-state index contributed by atoms with van der Waals surface area (Å²) in [4.78, 5) is 0. The molecule has 0 aliphatic rings. The Hall–Kier alpha value is -0.520. The van der Waals surface area contributed by atoms with Crippen molar-refractivity contribution in [1.29, 1.82) is 0 Å². The molecule has 0 fully saturated rings. The summed E-state index contributed by atoms with van der Waals surface area (Å²) in [5, 5.41) is 0. The van der Waals surface area contributed by atoms with E-state index in [0.717, 1.165) is 12.3 Å². The molecular weight excluding hydrogens is 156 g/mol. The molecule has 0 saturated carbocycles. The molecule has 1 atom stereocenters. The number of rotatable bonds is 4. The van der Waals surface area contributed by atoms with Crippen LogP contribution in [0.15, 0.2) is 24.3 Å². The van der Waals surface area contributed by atoms with E-state index in [1.165, 1.54) is 12.0 Å². The largest absolute Gasteiger partial charge is 0.0993 e. The minimum atomic E-state index is 0.268. The number of allylic oxidation sites excluding steroid dienone is 3. The second kappa shape index (κ2) is 5.26. The molecule has 0 aliphatic carbocycles. The topological polar surface area (TPSA) is 0 Å². The van der Waals surface area contributed by atoms with Crippen molar-refractivity contribution in [3.05, 3.63) is 24.3 Å². The highest BCUT2D eigenvalue weighted by Gasteiger charge is 2.16. The van der Waals surface area contributed by atoms with Crippen LogP contribution in [0.25, 0.3) is 0 Å². The zero-order chi connectivity index (χ0) is 10.5. The predicted octanol–water partition coefficient (Wildman–Crippen LogP) is 4.58. The molecule has 0 bridgehead atoms. The van der Waals surface area contributed by atoms with Crippen LogP contribution >= 0.6 is 0 Å². The highest BCUT2D eigenvalue weighted by Crippen LogP contribution is 2.29. The van der Waals surface area contributed by atoms with E-state index in [-0.39, 0.29) is 5.41 Å². The SMILES string of the molecule is C=C(CC(C)CC=CC)C(C)(C)C. The van der Waals surface area contributed by atoms with Gasteiger partial charge in [0.05, 0.1) is 0 Å². The van der Waals surface area contributed by atoms with E-state index in [9.17, 15) is 0 Å². The smallest absolute Gasteiger partial charge is 0.0176 e. The average molecular weight is 180 g/mol. The summed E-state index contributed by atoms with van der Waals surface area (Å²) in [7, 11) is 0. The third kappa shape index (κ3) is 5.68. The molecule has 0 spiro atoms. The van der Waals surface area contributed by atoms with Crippen LogP contribution < -0.4 is 0 Å². The Labute approximate surface area is 83.7 Å². The normalized spacial score (nSPS) is 14.8. The van der Waals surface area contributed by atoms with Gasteiger partial charge in [-0.1, -0.05) is 52.0 Å². The lowest BCUT2D eigenvalue weighted by Crippen LogP contribution is -2.11. The molecule has 0 heterocycles. The molecule has 0 aromatic rings. The molecule has 76 valence electrons. The van der Waals surface area contributed by atoms with Gasteiger partial charge in [0.15, 0.2) is 0 Å². The van der Waals surface area contributed by atoms with Crippen molar-refractivity contribution in [3.63, 3.8) is 0 Å². The fourth-order valence-corrected chi connectivity index (χ4v) is 1.18. The first-order valence-electron chi connectivity index (χ1n) is 5.17. The van der Waals surface area contributed by atoms with Gasteiger partial charge in [0.25, 0.3) is 0 Å². The minimum Gasteiger partial charge on any atom is -0.0993 e. The summed E-state index contributed by atoms with van der Waals surface area (Å²) in [6.45, 7) is 15.2. The van der Waals surface area contributed by atoms with E-state index >= 15 is 0 Å². The van der Waals surface area contributed by atoms with E-state index in [1.807, 2.05) is 0 Å². The third-order valence-corrected chi connectivity index (χ3v) is 2.43. The van der Waals surface area contributed by atoms with Gasteiger partial charge in [0.1, 0.15) is 0 Å². The van der Waals surface area contributed by atoms with Crippen molar-refractivity contribution in [2.45, 2.75) is 47.5 Å². The quantitative estimate of drug-likeness (QED) is 0.555. The molecule has 0 aromatic carbocycles. The maximum atomic E-state index is 4.15. The van der Waals surface area contributed by atoms with Gasteiger partial charge in [0, 0.05) is 0 Å².